The molecule has 3 aromatic carbocycles. The van der Waals surface area contributed by atoms with E-state index in [1.165, 1.54) is 29.5 Å². The summed E-state index contributed by atoms with van der Waals surface area (Å²) in [5, 5.41) is 17.0. The first-order valence-corrected chi connectivity index (χ1v) is 11.5. The Labute approximate surface area is 205 Å². The second-order valence-electron chi connectivity index (χ2n) is 7.48. The van der Waals surface area contributed by atoms with Crippen LogP contribution in [0.25, 0.3) is 10.6 Å². The van der Waals surface area contributed by atoms with E-state index in [0.717, 1.165) is 11.1 Å². The molecule has 0 bridgehead atoms. The Hall–Kier alpha value is -4.31. The van der Waals surface area contributed by atoms with E-state index in [1.54, 1.807) is 13.2 Å². The van der Waals surface area contributed by atoms with Crippen LogP contribution in [-0.2, 0) is 11.2 Å². The molecule has 4 rings (SSSR count). The van der Waals surface area contributed by atoms with Gasteiger partial charge in [-0.2, -0.15) is 0 Å². The molecule has 3 N–H and O–H groups in total. The highest BCUT2D eigenvalue weighted by Crippen LogP contribution is 2.28. The number of nitrogens with one attached hydrogen (secondary N) is 3. The SMILES string of the molecule is COc1cccc(-c2nnc(NC(=O)C(Cc3ccccc3)NC(=O)Nc3cccc(F)c3)s2)c1. The maximum atomic E-state index is 13.5. The number of halogens is 1. The zero-order valence-electron chi connectivity index (χ0n) is 18.7. The Kier molecular flexibility index (Phi) is 7.63. The van der Waals surface area contributed by atoms with Gasteiger partial charge in [-0.25, -0.2) is 9.18 Å². The Balaban J connectivity index is 1.48. The highest BCUT2D eigenvalue weighted by atomic mass is 32.1. The molecule has 1 aromatic heterocycles. The molecule has 0 saturated carbocycles. The molecule has 35 heavy (non-hydrogen) atoms. The van der Waals surface area contributed by atoms with Crippen LogP contribution in [0.2, 0.25) is 0 Å². The van der Waals surface area contributed by atoms with Crippen molar-refractivity contribution in [2.24, 2.45) is 0 Å². The third kappa shape index (κ3) is 6.61. The lowest BCUT2D eigenvalue weighted by atomic mass is 10.1. The van der Waals surface area contributed by atoms with Gasteiger partial charge in [0.15, 0.2) is 0 Å². The maximum absolute atomic E-state index is 13.5. The lowest BCUT2D eigenvalue weighted by Crippen LogP contribution is -2.46. The van der Waals surface area contributed by atoms with E-state index < -0.39 is 23.8 Å². The van der Waals surface area contributed by atoms with Crippen molar-refractivity contribution in [1.29, 1.82) is 0 Å². The number of carbonyl (C=O) groups excluding carboxylic acids is 2. The number of amides is 3. The summed E-state index contributed by atoms with van der Waals surface area (Å²) in [6.45, 7) is 0. The zero-order valence-corrected chi connectivity index (χ0v) is 19.5. The van der Waals surface area contributed by atoms with E-state index >= 15 is 0 Å². The fourth-order valence-electron chi connectivity index (χ4n) is 3.29. The molecule has 8 nitrogen and oxygen atoms in total. The third-order valence-electron chi connectivity index (χ3n) is 4.96. The van der Waals surface area contributed by atoms with Gasteiger partial charge >= 0.3 is 6.03 Å². The molecule has 10 heteroatoms. The summed E-state index contributed by atoms with van der Waals surface area (Å²) in [6, 6.07) is 20.6. The first-order valence-electron chi connectivity index (χ1n) is 10.7. The largest absolute Gasteiger partial charge is 0.497 e. The molecule has 0 spiro atoms. The number of nitrogens with zero attached hydrogens (tertiary/aromatic N) is 2. The molecule has 0 aliphatic carbocycles. The minimum atomic E-state index is -0.921. The summed E-state index contributed by atoms with van der Waals surface area (Å²) in [5.41, 5.74) is 1.93. The number of hydrogen-bond donors (Lipinski definition) is 3. The van der Waals surface area contributed by atoms with E-state index in [1.807, 2.05) is 54.6 Å². The van der Waals surface area contributed by atoms with Crippen molar-refractivity contribution < 1.29 is 18.7 Å². The van der Waals surface area contributed by atoms with Crippen LogP contribution in [0.1, 0.15) is 5.56 Å². The first kappa shape index (κ1) is 23.8. The van der Waals surface area contributed by atoms with Crippen molar-refractivity contribution in [1.82, 2.24) is 15.5 Å². The van der Waals surface area contributed by atoms with Crippen LogP contribution in [0.5, 0.6) is 5.75 Å². The number of benzene rings is 3. The molecule has 3 amide bonds. The van der Waals surface area contributed by atoms with Gasteiger partial charge in [-0.15, -0.1) is 10.2 Å². The van der Waals surface area contributed by atoms with E-state index in [0.29, 0.717) is 15.9 Å². The molecule has 0 saturated heterocycles. The Morgan fingerprint density at radius 1 is 0.971 bits per heavy atom. The van der Waals surface area contributed by atoms with Gasteiger partial charge in [-0.3, -0.25) is 10.1 Å². The van der Waals surface area contributed by atoms with Crippen LogP contribution in [0.15, 0.2) is 78.9 Å². The second kappa shape index (κ2) is 11.2. The highest BCUT2D eigenvalue weighted by Gasteiger charge is 2.23. The molecule has 178 valence electrons. The molecule has 0 fully saturated rings. The van der Waals surface area contributed by atoms with Gasteiger partial charge in [0.2, 0.25) is 11.0 Å². The molecule has 1 heterocycles. The van der Waals surface area contributed by atoms with E-state index in [2.05, 4.69) is 26.1 Å². The number of hydrogen-bond acceptors (Lipinski definition) is 6. The van der Waals surface area contributed by atoms with Crippen molar-refractivity contribution in [3.8, 4) is 16.3 Å². The summed E-state index contributed by atoms with van der Waals surface area (Å²) in [7, 11) is 1.58. The van der Waals surface area contributed by atoms with Crippen molar-refractivity contribution in [2.75, 3.05) is 17.7 Å². The second-order valence-corrected chi connectivity index (χ2v) is 8.46. The number of rotatable bonds is 8. The van der Waals surface area contributed by atoms with Gasteiger partial charge in [0.25, 0.3) is 0 Å². The van der Waals surface area contributed by atoms with E-state index in [4.69, 9.17) is 4.74 Å². The average molecular weight is 492 g/mol. The molecule has 4 aromatic rings. The molecule has 1 unspecified atom stereocenters. The van der Waals surface area contributed by atoms with Crippen molar-refractivity contribution >= 4 is 34.1 Å². The minimum absolute atomic E-state index is 0.241. The fourth-order valence-corrected chi connectivity index (χ4v) is 4.03. The number of methoxy groups -OCH3 is 1. The van der Waals surface area contributed by atoms with Gasteiger partial charge in [0, 0.05) is 17.7 Å². The summed E-state index contributed by atoms with van der Waals surface area (Å²) in [4.78, 5) is 25.7. The quantitative estimate of drug-likeness (QED) is 0.331. The highest BCUT2D eigenvalue weighted by molar-refractivity contribution is 7.18. The van der Waals surface area contributed by atoms with E-state index in [-0.39, 0.29) is 12.1 Å². The average Bonchev–Trinajstić information content (AvgIpc) is 3.33. The Bertz CT molecular complexity index is 1320. The van der Waals surface area contributed by atoms with Gasteiger partial charge in [0.1, 0.15) is 22.6 Å². The third-order valence-corrected chi connectivity index (χ3v) is 5.85. The molecule has 0 radical (unpaired) electrons. The van der Waals surface area contributed by atoms with Gasteiger partial charge in [0.05, 0.1) is 7.11 Å². The predicted molar refractivity (Wildman–Crippen MR) is 133 cm³/mol. The van der Waals surface area contributed by atoms with Crippen LogP contribution in [-0.4, -0.2) is 35.3 Å². The molecule has 0 aliphatic heterocycles. The van der Waals surface area contributed by atoms with Crippen molar-refractivity contribution in [2.45, 2.75) is 12.5 Å². The van der Waals surface area contributed by atoms with Crippen LogP contribution in [0, 0.1) is 5.82 Å². The predicted octanol–water partition coefficient (Wildman–Crippen LogP) is 4.72. The van der Waals surface area contributed by atoms with Gasteiger partial charge in [-0.1, -0.05) is 59.9 Å². The molecular formula is C25H22FN5O3S. The van der Waals surface area contributed by atoms with Gasteiger partial charge < -0.3 is 15.4 Å². The number of ether oxygens (including phenoxy) is 1. The van der Waals surface area contributed by atoms with Crippen LogP contribution in [0.4, 0.5) is 20.0 Å². The van der Waals surface area contributed by atoms with Crippen molar-refractivity contribution in [3.05, 3.63) is 90.2 Å². The van der Waals surface area contributed by atoms with Crippen LogP contribution < -0.4 is 20.7 Å². The number of urea groups is 1. The Morgan fingerprint density at radius 2 is 1.77 bits per heavy atom. The molecular weight excluding hydrogens is 469 g/mol. The lowest BCUT2D eigenvalue weighted by molar-refractivity contribution is -0.117. The minimum Gasteiger partial charge on any atom is -0.497 e. The normalized spacial score (nSPS) is 11.4. The standard InChI is InChI=1S/C25H22FN5O3S/c1-34-20-12-5-9-17(14-20)23-30-31-25(35-23)29-22(32)21(13-16-7-3-2-4-8-16)28-24(33)27-19-11-6-10-18(26)15-19/h2-12,14-15,21H,13H2,1H3,(H2,27,28,33)(H,29,31,32). The van der Waals surface area contributed by atoms with Crippen molar-refractivity contribution in [3.63, 3.8) is 0 Å². The zero-order chi connectivity index (χ0) is 24.6. The molecule has 1 atom stereocenters. The van der Waals surface area contributed by atoms with E-state index in [9.17, 15) is 14.0 Å². The fraction of sp³-hybridized carbons (Fsp3) is 0.120. The number of carbonyl (C=O) groups is 2. The summed E-state index contributed by atoms with van der Waals surface area (Å²) in [6.07, 6.45) is 0.241. The van der Waals surface area contributed by atoms with Crippen LogP contribution in [0.3, 0.4) is 0 Å². The number of aromatic nitrogens is 2. The summed E-state index contributed by atoms with van der Waals surface area (Å²) >= 11 is 1.20. The topological polar surface area (TPSA) is 105 Å². The monoisotopic (exact) mass is 491 g/mol. The maximum Gasteiger partial charge on any atom is 0.319 e. The Morgan fingerprint density at radius 3 is 2.54 bits per heavy atom. The van der Waals surface area contributed by atoms with Crippen LogP contribution >= 0.6 is 11.3 Å². The smallest absolute Gasteiger partial charge is 0.319 e. The summed E-state index contributed by atoms with van der Waals surface area (Å²) < 4.78 is 18.7. The number of anilines is 2. The lowest BCUT2D eigenvalue weighted by Gasteiger charge is -2.18. The van der Waals surface area contributed by atoms with Gasteiger partial charge in [-0.05, 0) is 35.9 Å². The first-order chi connectivity index (χ1) is 17.0. The summed E-state index contributed by atoms with van der Waals surface area (Å²) in [5.74, 6) is -0.263. The molecule has 0 aliphatic rings.